The molecule has 0 bridgehead atoms. The molecule has 0 spiro atoms. The van der Waals surface area contributed by atoms with Crippen molar-refractivity contribution in [3.8, 4) is 0 Å². The first-order valence-electron chi connectivity index (χ1n) is 6.02. The molecule has 0 radical (unpaired) electrons. The molecule has 0 aliphatic rings. The summed E-state index contributed by atoms with van der Waals surface area (Å²) in [4.78, 5) is 24.0. The van der Waals surface area contributed by atoms with Crippen LogP contribution >= 0.6 is 11.3 Å². The predicted octanol–water partition coefficient (Wildman–Crippen LogP) is 1.79. The monoisotopic (exact) mass is 290 g/mol. The fourth-order valence-electron chi connectivity index (χ4n) is 1.43. The third kappa shape index (κ3) is 4.74. The van der Waals surface area contributed by atoms with Crippen molar-refractivity contribution in [1.29, 1.82) is 0 Å². The van der Waals surface area contributed by atoms with Crippen LogP contribution in [0.2, 0.25) is 0 Å². The Balaban J connectivity index is 1.66. The molecular weight excluding hydrogens is 276 g/mol. The summed E-state index contributed by atoms with van der Waals surface area (Å²) in [6, 6.07) is 7.33. The topological polar surface area (TPSA) is 71.3 Å². The van der Waals surface area contributed by atoms with Gasteiger partial charge in [0.1, 0.15) is 5.76 Å². The smallest absolute Gasteiger partial charge is 0.244 e. The van der Waals surface area contributed by atoms with Crippen LogP contribution in [-0.2, 0) is 16.1 Å². The van der Waals surface area contributed by atoms with Gasteiger partial charge in [0.15, 0.2) is 0 Å². The van der Waals surface area contributed by atoms with Gasteiger partial charge in [0.25, 0.3) is 0 Å². The Morgan fingerprint density at radius 3 is 2.85 bits per heavy atom. The Morgan fingerprint density at radius 2 is 2.15 bits per heavy atom. The average molecular weight is 290 g/mol. The van der Waals surface area contributed by atoms with Crippen molar-refractivity contribution in [2.24, 2.45) is 0 Å². The molecule has 2 rings (SSSR count). The van der Waals surface area contributed by atoms with Crippen molar-refractivity contribution < 1.29 is 14.0 Å². The molecule has 104 valence electrons. The number of carbonyl (C=O) groups excluding carboxylic acids is 2. The number of hydrogen-bond donors (Lipinski definition) is 2. The lowest BCUT2D eigenvalue weighted by atomic mass is 10.4. The molecule has 2 N–H and O–H groups in total. The zero-order chi connectivity index (χ0) is 14.2. The van der Waals surface area contributed by atoms with Gasteiger partial charge in [-0.15, -0.1) is 11.3 Å². The molecule has 0 aromatic carbocycles. The SMILES string of the molecule is O=C(/C=C/c1cccs1)NCC(=O)NCc1ccco1. The Hall–Kier alpha value is -2.34. The highest BCUT2D eigenvalue weighted by Crippen LogP contribution is 2.09. The molecule has 0 fully saturated rings. The molecule has 0 aliphatic heterocycles. The Bertz CT molecular complexity index is 574. The van der Waals surface area contributed by atoms with Crippen molar-refractivity contribution in [1.82, 2.24) is 10.6 Å². The lowest BCUT2D eigenvalue weighted by Crippen LogP contribution is -2.35. The second-order valence-electron chi connectivity index (χ2n) is 3.92. The largest absolute Gasteiger partial charge is 0.467 e. The lowest BCUT2D eigenvalue weighted by Gasteiger charge is -2.03. The van der Waals surface area contributed by atoms with Crippen molar-refractivity contribution in [3.63, 3.8) is 0 Å². The highest BCUT2D eigenvalue weighted by Gasteiger charge is 2.04. The van der Waals surface area contributed by atoms with Crippen molar-refractivity contribution in [2.75, 3.05) is 6.54 Å². The van der Waals surface area contributed by atoms with Crippen molar-refractivity contribution in [3.05, 3.63) is 52.6 Å². The van der Waals surface area contributed by atoms with E-state index in [0.29, 0.717) is 12.3 Å². The maximum absolute atomic E-state index is 11.5. The number of rotatable bonds is 6. The van der Waals surface area contributed by atoms with Crippen LogP contribution in [-0.4, -0.2) is 18.4 Å². The van der Waals surface area contributed by atoms with Crippen LogP contribution in [0.5, 0.6) is 0 Å². The van der Waals surface area contributed by atoms with E-state index in [0.717, 1.165) is 4.88 Å². The molecule has 6 heteroatoms. The van der Waals surface area contributed by atoms with Crippen LogP contribution in [0, 0.1) is 0 Å². The number of carbonyl (C=O) groups is 2. The minimum Gasteiger partial charge on any atom is -0.467 e. The van der Waals surface area contributed by atoms with E-state index in [4.69, 9.17) is 4.42 Å². The Labute approximate surface area is 120 Å². The summed E-state index contributed by atoms with van der Waals surface area (Å²) in [5, 5.41) is 7.08. The van der Waals surface area contributed by atoms with Gasteiger partial charge in [-0.3, -0.25) is 9.59 Å². The molecule has 0 aliphatic carbocycles. The quantitative estimate of drug-likeness (QED) is 0.797. The van der Waals surface area contributed by atoms with E-state index in [1.54, 1.807) is 24.5 Å². The van der Waals surface area contributed by atoms with Crippen LogP contribution in [0.3, 0.4) is 0 Å². The van der Waals surface area contributed by atoms with E-state index < -0.39 is 0 Å². The van der Waals surface area contributed by atoms with Crippen molar-refractivity contribution in [2.45, 2.75) is 6.54 Å². The molecular formula is C14H14N2O3S. The Kier molecular flexibility index (Phi) is 5.14. The minimum absolute atomic E-state index is 0.0612. The number of thiophene rings is 1. The summed E-state index contributed by atoms with van der Waals surface area (Å²) < 4.78 is 5.08. The third-order valence-electron chi connectivity index (χ3n) is 2.41. The molecule has 0 saturated carbocycles. The summed E-state index contributed by atoms with van der Waals surface area (Å²) in [6.45, 7) is 0.251. The highest BCUT2D eigenvalue weighted by atomic mass is 32.1. The number of amides is 2. The Morgan fingerprint density at radius 1 is 1.25 bits per heavy atom. The summed E-state index contributed by atoms with van der Waals surface area (Å²) in [6.07, 6.45) is 4.66. The third-order valence-corrected chi connectivity index (χ3v) is 3.24. The molecule has 2 aromatic rings. The van der Waals surface area contributed by atoms with Gasteiger partial charge in [0, 0.05) is 11.0 Å². The van der Waals surface area contributed by atoms with E-state index in [2.05, 4.69) is 10.6 Å². The van der Waals surface area contributed by atoms with Gasteiger partial charge in [0.05, 0.1) is 19.4 Å². The first-order chi connectivity index (χ1) is 9.74. The zero-order valence-corrected chi connectivity index (χ0v) is 11.5. The molecule has 2 aromatic heterocycles. The molecule has 20 heavy (non-hydrogen) atoms. The molecule has 2 amide bonds. The van der Waals surface area contributed by atoms with Gasteiger partial charge in [-0.05, 0) is 29.7 Å². The number of furan rings is 1. The van der Waals surface area contributed by atoms with E-state index in [1.807, 2.05) is 17.5 Å². The molecule has 0 saturated heterocycles. The summed E-state index contributed by atoms with van der Waals surface area (Å²) in [7, 11) is 0. The zero-order valence-electron chi connectivity index (χ0n) is 10.7. The van der Waals surface area contributed by atoms with Gasteiger partial charge in [-0.1, -0.05) is 6.07 Å². The van der Waals surface area contributed by atoms with Gasteiger partial charge < -0.3 is 15.1 Å². The first-order valence-corrected chi connectivity index (χ1v) is 6.90. The lowest BCUT2D eigenvalue weighted by molar-refractivity contribution is -0.124. The normalized spacial score (nSPS) is 10.6. The molecule has 0 unspecified atom stereocenters. The van der Waals surface area contributed by atoms with Crippen LogP contribution in [0.15, 0.2) is 46.4 Å². The number of hydrogen-bond acceptors (Lipinski definition) is 4. The molecule has 5 nitrogen and oxygen atoms in total. The summed E-state index contributed by atoms with van der Waals surface area (Å²) in [5.41, 5.74) is 0. The second-order valence-corrected chi connectivity index (χ2v) is 4.90. The second kappa shape index (κ2) is 7.30. The van der Waals surface area contributed by atoms with Gasteiger partial charge >= 0.3 is 0 Å². The van der Waals surface area contributed by atoms with Gasteiger partial charge in [-0.25, -0.2) is 0 Å². The average Bonchev–Trinajstić information content (AvgIpc) is 3.13. The van der Waals surface area contributed by atoms with Crippen LogP contribution in [0.25, 0.3) is 6.08 Å². The summed E-state index contributed by atoms with van der Waals surface area (Å²) in [5.74, 6) is 0.105. The maximum Gasteiger partial charge on any atom is 0.244 e. The van der Waals surface area contributed by atoms with Crippen LogP contribution in [0.4, 0.5) is 0 Å². The van der Waals surface area contributed by atoms with Gasteiger partial charge in [-0.2, -0.15) is 0 Å². The minimum atomic E-state index is -0.299. The molecule has 2 heterocycles. The van der Waals surface area contributed by atoms with E-state index in [9.17, 15) is 9.59 Å². The van der Waals surface area contributed by atoms with E-state index >= 15 is 0 Å². The van der Waals surface area contributed by atoms with E-state index in [-0.39, 0.29) is 18.4 Å². The standard InChI is InChI=1S/C14H14N2O3S/c17-13(6-5-12-4-2-8-20-12)16-10-14(18)15-9-11-3-1-7-19-11/h1-8H,9-10H2,(H,15,18)(H,16,17)/b6-5+. The van der Waals surface area contributed by atoms with Crippen LogP contribution in [0.1, 0.15) is 10.6 Å². The fourth-order valence-corrected chi connectivity index (χ4v) is 2.05. The van der Waals surface area contributed by atoms with Gasteiger partial charge in [0.2, 0.25) is 11.8 Å². The first kappa shape index (κ1) is 14.1. The predicted molar refractivity (Wildman–Crippen MR) is 76.9 cm³/mol. The highest BCUT2D eigenvalue weighted by molar-refractivity contribution is 7.10. The van der Waals surface area contributed by atoms with E-state index in [1.165, 1.54) is 17.4 Å². The fraction of sp³-hybridized carbons (Fsp3) is 0.143. The number of nitrogens with one attached hydrogen (secondary N) is 2. The van der Waals surface area contributed by atoms with Crippen molar-refractivity contribution >= 4 is 29.2 Å². The van der Waals surface area contributed by atoms with Crippen LogP contribution < -0.4 is 10.6 Å². The summed E-state index contributed by atoms with van der Waals surface area (Å²) >= 11 is 1.54. The molecule has 0 atom stereocenters. The maximum atomic E-state index is 11.5.